The number of carbonyl (C=O) groups is 2. The van der Waals surface area contributed by atoms with E-state index in [0.29, 0.717) is 24.6 Å². The van der Waals surface area contributed by atoms with Crippen LogP contribution < -0.4 is 5.32 Å². The molecule has 0 saturated carbocycles. The van der Waals surface area contributed by atoms with Crippen molar-refractivity contribution in [1.29, 1.82) is 0 Å². The number of anilines is 1. The van der Waals surface area contributed by atoms with E-state index in [2.05, 4.69) is 27.4 Å². The van der Waals surface area contributed by atoms with Gasteiger partial charge in [0.1, 0.15) is 10.8 Å². The maximum Gasteiger partial charge on any atom is 0.231 e. The van der Waals surface area contributed by atoms with Gasteiger partial charge in [0.2, 0.25) is 16.9 Å². The lowest BCUT2D eigenvalue weighted by Gasteiger charge is -2.16. The summed E-state index contributed by atoms with van der Waals surface area (Å²) in [4.78, 5) is 29.8. The van der Waals surface area contributed by atoms with E-state index in [-0.39, 0.29) is 24.1 Å². The maximum atomic E-state index is 13.5. The van der Waals surface area contributed by atoms with Gasteiger partial charge < -0.3 is 15.2 Å². The van der Waals surface area contributed by atoms with Gasteiger partial charge in [-0.2, -0.15) is 0 Å². The second-order valence-corrected chi connectivity index (χ2v) is 8.65. The molecular weight excluding hydrogens is 405 g/mol. The number of benzene rings is 1. The van der Waals surface area contributed by atoms with Crippen molar-refractivity contribution < 1.29 is 14.0 Å². The van der Waals surface area contributed by atoms with Crippen LogP contribution in [0.5, 0.6) is 0 Å². The van der Waals surface area contributed by atoms with Crippen molar-refractivity contribution in [1.82, 2.24) is 20.1 Å². The molecule has 30 heavy (non-hydrogen) atoms. The lowest BCUT2D eigenvalue weighted by atomic mass is 10.1. The summed E-state index contributed by atoms with van der Waals surface area (Å²) in [5, 5.41) is 13.1. The largest absolute Gasteiger partial charge is 0.361 e. The molecule has 1 aromatic carbocycles. The normalized spacial score (nSPS) is 16.5. The monoisotopic (exact) mass is 429 g/mol. The Hall–Kier alpha value is -2.81. The number of hydrogen-bond acceptors (Lipinski definition) is 5. The fourth-order valence-electron chi connectivity index (χ4n) is 3.72. The van der Waals surface area contributed by atoms with E-state index in [1.807, 2.05) is 6.20 Å². The first kappa shape index (κ1) is 20.5. The Morgan fingerprint density at radius 3 is 3.07 bits per heavy atom. The zero-order chi connectivity index (χ0) is 21.1. The van der Waals surface area contributed by atoms with Crippen molar-refractivity contribution in [3.8, 4) is 0 Å². The van der Waals surface area contributed by atoms with Crippen molar-refractivity contribution in [2.24, 2.45) is 5.92 Å². The van der Waals surface area contributed by atoms with Crippen LogP contribution >= 0.6 is 11.3 Å². The molecule has 1 saturated heterocycles. The average molecular weight is 430 g/mol. The van der Waals surface area contributed by atoms with Gasteiger partial charge in [-0.1, -0.05) is 24.7 Å². The fourth-order valence-corrected chi connectivity index (χ4v) is 4.50. The molecule has 2 N–H and O–H groups in total. The third kappa shape index (κ3) is 4.51. The Labute approximate surface area is 177 Å². The number of aromatic nitrogens is 3. The van der Waals surface area contributed by atoms with Gasteiger partial charge >= 0.3 is 0 Å². The fraction of sp³-hybridized carbons (Fsp3) is 0.429. The molecule has 0 unspecified atom stereocenters. The minimum absolute atomic E-state index is 0.0397. The number of halogens is 1. The highest BCUT2D eigenvalue weighted by atomic mass is 32.1. The van der Waals surface area contributed by atoms with E-state index in [4.69, 9.17) is 0 Å². The topological polar surface area (TPSA) is 91.0 Å². The summed E-state index contributed by atoms with van der Waals surface area (Å²) in [6, 6.07) is 4.62. The van der Waals surface area contributed by atoms with Gasteiger partial charge in [0.25, 0.3) is 0 Å². The predicted molar refractivity (Wildman–Crippen MR) is 114 cm³/mol. The number of fused-ring (bicyclic) bond motifs is 1. The molecule has 2 aromatic heterocycles. The SMILES string of the molecule is CCCCc1nnc(NC(=O)[C@@H]2CC(=O)N(CCc3c[nH]c4ccc(F)cc34)C2)s1. The number of likely N-dealkylation sites (tertiary alicyclic amines) is 1. The van der Waals surface area contributed by atoms with Crippen molar-refractivity contribution in [3.05, 3.63) is 40.8 Å². The van der Waals surface area contributed by atoms with Gasteiger partial charge in [-0.3, -0.25) is 9.59 Å². The molecule has 2 amide bonds. The number of amides is 2. The quantitative estimate of drug-likeness (QED) is 0.573. The minimum atomic E-state index is -0.402. The Bertz CT molecular complexity index is 1060. The van der Waals surface area contributed by atoms with E-state index in [1.165, 1.54) is 23.5 Å². The van der Waals surface area contributed by atoms with Gasteiger partial charge in [0, 0.05) is 43.0 Å². The standard InChI is InChI=1S/C21H24FN5O2S/c1-2-3-4-18-25-26-21(30-18)24-20(29)14-9-19(28)27(12-14)8-7-13-11-23-17-6-5-15(22)10-16(13)17/h5-6,10-11,14,23H,2-4,7-9,12H2,1H3,(H,24,26,29)/t14-/m1/s1. The number of unbranched alkanes of at least 4 members (excludes halogenated alkanes) is 1. The number of nitrogens with one attached hydrogen (secondary N) is 2. The number of rotatable bonds is 8. The number of carbonyl (C=O) groups excluding carboxylic acids is 2. The summed E-state index contributed by atoms with van der Waals surface area (Å²) in [6.07, 6.45) is 5.61. The molecule has 9 heteroatoms. The number of aromatic amines is 1. The Morgan fingerprint density at radius 2 is 2.23 bits per heavy atom. The molecule has 1 fully saturated rings. The van der Waals surface area contributed by atoms with E-state index in [1.54, 1.807) is 11.0 Å². The molecule has 0 spiro atoms. The smallest absolute Gasteiger partial charge is 0.231 e. The molecule has 7 nitrogen and oxygen atoms in total. The second kappa shape index (κ2) is 8.91. The van der Waals surface area contributed by atoms with Crippen LogP contribution in [0.15, 0.2) is 24.4 Å². The summed E-state index contributed by atoms with van der Waals surface area (Å²) in [5.74, 6) is -0.923. The molecule has 0 radical (unpaired) electrons. The van der Waals surface area contributed by atoms with E-state index in [9.17, 15) is 14.0 Å². The predicted octanol–water partition coefficient (Wildman–Crippen LogP) is 3.53. The van der Waals surface area contributed by atoms with Crippen molar-refractivity contribution >= 4 is 39.2 Å². The number of aryl methyl sites for hydroxylation is 1. The summed E-state index contributed by atoms with van der Waals surface area (Å²) in [7, 11) is 0. The molecule has 3 heterocycles. The van der Waals surface area contributed by atoms with Gasteiger partial charge in [0.15, 0.2) is 0 Å². The van der Waals surface area contributed by atoms with Crippen LogP contribution in [0.4, 0.5) is 9.52 Å². The molecular formula is C21H24FN5O2S. The van der Waals surface area contributed by atoms with Gasteiger partial charge in [-0.15, -0.1) is 10.2 Å². The first-order chi connectivity index (χ1) is 14.5. The Morgan fingerprint density at radius 1 is 1.37 bits per heavy atom. The van der Waals surface area contributed by atoms with Crippen LogP contribution in [0.3, 0.4) is 0 Å². The minimum Gasteiger partial charge on any atom is -0.361 e. The van der Waals surface area contributed by atoms with Crippen molar-refractivity contribution in [2.75, 3.05) is 18.4 Å². The number of nitrogens with zero attached hydrogens (tertiary/aromatic N) is 3. The zero-order valence-corrected chi connectivity index (χ0v) is 17.6. The van der Waals surface area contributed by atoms with Gasteiger partial charge in [-0.25, -0.2) is 4.39 Å². The first-order valence-electron chi connectivity index (χ1n) is 10.2. The average Bonchev–Trinajstić information content (AvgIpc) is 3.43. The molecule has 1 atom stereocenters. The van der Waals surface area contributed by atoms with Crippen LogP contribution in [0.2, 0.25) is 0 Å². The summed E-state index contributed by atoms with van der Waals surface area (Å²) >= 11 is 1.39. The lowest BCUT2D eigenvalue weighted by Crippen LogP contribution is -2.30. The molecule has 0 aliphatic carbocycles. The summed E-state index contributed by atoms with van der Waals surface area (Å²) < 4.78 is 13.5. The van der Waals surface area contributed by atoms with Crippen molar-refractivity contribution in [3.63, 3.8) is 0 Å². The molecule has 1 aliphatic heterocycles. The van der Waals surface area contributed by atoms with E-state index < -0.39 is 5.92 Å². The third-order valence-electron chi connectivity index (χ3n) is 5.41. The molecule has 4 rings (SSSR count). The van der Waals surface area contributed by atoms with Crippen LogP contribution in [-0.4, -0.2) is 45.0 Å². The lowest BCUT2D eigenvalue weighted by molar-refractivity contribution is -0.128. The van der Waals surface area contributed by atoms with Crippen LogP contribution in [0.1, 0.15) is 36.8 Å². The van der Waals surface area contributed by atoms with Crippen LogP contribution in [-0.2, 0) is 22.4 Å². The van der Waals surface area contributed by atoms with Crippen LogP contribution in [0, 0.1) is 11.7 Å². The highest BCUT2D eigenvalue weighted by Crippen LogP contribution is 2.24. The van der Waals surface area contributed by atoms with Gasteiger partial charge in [-0.05, 0) is 36.6 Å². The summed E-state index contributed by atoms with van der Waals surface area (Å²) in [5.41, 5.74) is 1.82. The molecule has 158 valence electrons. The zero-order valence-electron chi connectivity index (χ0n) is 16.8. The number of H-pyrrole nitrogens is 1. The molecule has 1 aliphatic rings. The third-order valence-corrected chi connectivity index (χ3v) is 6.31. The number of hydrogen-bond donors (Lipinski definition) is 2. The highest BCUT2D eigenvalue weighted by Gasteiger charge is 2.34. The summed E-state index contributed by atoms with van der Waals surface area (Å²) in [6.45, 7) is 2.98. The van der Waals surface area contributed by atoms with Crippen LogP contribution in [0.25, 0.3) is 10.9 Å². The molecule has 0 bridgehead atoms. The second-order valence-electron chi connectivity index (χ2n) is 7.59. The Balaban J connectivity index is 1.32. The van der Waals surface area contributed by atoms with Crippen molar-refractivity contribution in [2.45, 2.75) is 39.0 Å². The highest BCUT2D eigenvalue weighted by molar-refractivity contribution is 7.15. The van der Waals surface area contributed by atoms with E-state index >= 15 is 0 Å². The first-order valence-corrected chi connectivity index (χ1v) is 11.0. The molecule has 3 aromatic rings. The Kier molecular flexibility index (Phi) is 6.08. The van der Waals surface area contributed by atoms with Gasteiger partial charge in [0.05, 0.1) is 5.92 Å². The maximum absolute atomic E-state index is 13.5. The van der Waals surface area contributed by atoms with E-state index in [0.717, 1.165) is 40.7 Å².